The summed E-state index contributed by atoms with van der Waals surface area (Å²) < 4.78 is 2.08. The summed E-state index contributed by atoms with van der Waals surface area (Å²) in [6.45, 7) is 8.24. The third-order valence-electron chi connectivity index (χ3n) is 5.30. The van der Waals surface area contributed by atoms with Crippen molar-refractivity contribution in [2.45, 2.75) is 26.8 Å². The summed E-state index contributed by atoms with van der Waals surface area (Å²) in [5.74, 6) is -0.149. The quantitative estimate of drug-likeness (QED) is 0.539. The zero-order chi connectivity index (χ0) is 21.3. The molecule has 0 spiro atoms. The van der Waals surface area contributed by atoms with Crippen LogP contribution in [0.3, 0.4) is 0 Å². The van der Waals surface area contributed by atoms with Gasteiger partial charge in [-0.05, 0) is 54.9 Å². The van der Waals surface area contributed by atoms with E-state index in [-0.39, 0.29) is 11.8 Å². The normalized spacial score (nSPS) is 11.0. The molecule has 1 heterocycles. The van der Waals surface area contributed by atoms with Crippen LogP contribution in [0, 0.1) is 0 Å². The fraction of sp³-hybridized carbons (Fsp3) is 0.333. The van der Waals surface area contributed by atoms with Crippen molar-refractivity contribution in [3.63, 3.8) is 0 Å². The molecule has 0 aliphatic carbocycles. The molecule has 6 heteroatoms. The Hall–Kier alpha value is -3.12. The van der Waals surface area contributed by atoms with E-state index in [1.165, 1.54) is 5.39 Å². The molecule has 2 amide bonds. The minimum atomic E-state index is -0.0977. The molecule has 1 aromatic heterocycles. The summed E-state index contributed by atoms with van der Waals surface area (Å²) in [7, 11) is 0. The van der Waals surface area contributed by atoms with Crippen LogP contribution in [0.2, 0.25) is 0 Å². The Morgan fingerprint density at radius 1 is 0.967 bits per heavy atom. The maximum Gasteiger partial charge on any atom is 0.251 e. The Labute approximate surface area is 177 Å². The monoisotopic (exact) mass is 406 g/mol. The van der Waals surface area contributed by atoms with Gasteiger partial charge in [0.1, 0.15) is 0 Å². The number of amides is 2. The first-order chi connectivity index (χ1) is 14.6. The second-order valence-corrected chi connectivity index (χ2v) is 7.23. The van der Waals surface area contributed by atoms with Gasteiger partial charge in [0.2, 0.25) is 5.91 Å². The lowest BCUT2D eigenvalue weighted by Crippen LogP contribution is -2.34. The molecule has 158 valence electrons. The van der Waals surface area contributed by atoms with Crippen LogP contribution >= 0.6 is 0 Å². The van der Waals surface area contributed by atoms with E-state index >= 15 is 0 Å². The van der Waals surface area contributed by atoms with E-state index in [1.54, 1.807) is 24.3 Å². The van der Waals surface area contributed by atoms with Crippen LogP contribution in [-0.4, -0.2) is 47.5 Å². The molecule has 0 saturated heterocycles. The fourth-order valence-electron chi connectivity index (χ4n) is 3.46. The van der Waals surface area contributed by atoms with Crippen LogP contribution in [0.1, 0.15) is 30.6 Å². The number of fused-ring (bicyclic) bond motifs is 1. The summed E-state index contributed by atoms with van der Waals surface area (Å²) in [5.41, 5.74) is 2.41. The zero-order valence-corrected chi connectivity index (χ0v) is 17.7. The third-order valence-corrected chi connectivity index (χ3v) is 5.30. The van der Waals surface area contributed by atoms with Crippen LogP contribution in [0.15, 0.2) is 60.8 Å². The molecule has 0 saturated carbocycles. The van der Waals surface area contributed by atoms with Crippen LogP contribution in [-0.2, 0) is 11.3 Å². The summed E-state index contributed by atoms with van der Waals surface area (Å²) in [6, 6.07) is 17.2. The average molecular weight is 407 g/mol. The summed E-state index contributed by atoms with van der Waals surface area (Å²) in [4.78, 5) is 26.8. The van der Waals surface area contributed by atoms with E-state index in [2.05, 4.69) is 52.1 Å². The predicted molar refractivity (Wildman–Crippen MR) is 122 cm³/mol. The molecule has 0 aliphatic heterocycles. The Morgan fingerprint density at radius 3 is 2.43 bits per heavy atom. The summed E-state index contributed by atoms with van der Waals surface area (Å²) in [6.07, 6.45) is 2.39. The number of carbonyl (C=O) groups is 2. The van der Waals surface area contributed by atoms with Crippen LogP contribution in [0.5, 0.6) is 0 Å². The number of aromatic nitrogens is 1. The van der Waals surface area contributed by atoms with E-state index < -0.39 is 0 Å². The molecule has 0 aliphatic rings. The van der Waals surface area contributed by atoms with Crippen molar-refractivity contribution in [2.24, 2.45) is 0 Å². The topological polar surface area (TPSA) is 66.4 Å². The molecule has 0 unspecified atom stereocenters. The molecule has 6 nitrogen and oxygen atoms in total. The predicted octanol–water partition coefficient (Wildman–Crippen LogP) is 3.74. The van der Waals surface area contributed by atoms with Gasteiger partial charge in [0, 0.05) is 49.0 Å². The van der Waals surface area contributed by atoms with Crippen molar-refractivity contribution in [3.8, 4) is 0 Å². The van der Waals surface area contributed by atoms with Gasteiger partial charge in [-0.1, -0.05) is 32.0 Å². The maximum absolute atomic E-state index is 12.3. The lowest BCUT2D eigenvalue weighted by molar-refractivity contribution is -0.116. The maximum atomic E-state index is 12.3. The molecule has 0 atom stereocenters. The van der Waals surface area contributed by atoms with Crippen molar-refractivity contribution in [2.75, 3.05) is 31.5 Å². The van der Waals surface area contributed by atoms with Crippen LogP contribution in [0.25, 0.3) is 10.9 Å². The van der Waals surface area contributed by atoms with Gasteiger partial charge in [0.15, 0.2) is 0 Å². The van der Waals surface area contributed by atoms with Crippen molar-refractivity contribution in [3.05, 3.63) is 66.4 Å². The number of rotatable bonds is 10. The zero-order valence-electron chi connectivity index (χ0n) is 17.7. The number of benzene rings is 2. The van der Waals surface area contributed by atoms with Crippen LogP contribution in [0.4, 0.5) is 5.69 Å². The number of likely N-dealkylation sites (N-methyl/N-ethyl adjacent to an activating group) is 1. The molecular formula is C24H30N4O2. The third kappa shape index (κ3) is 5.70. The lowest BCUT2D eigenvalue weighted by Gasteiger charge is -2.18. The fourth-order valence-corrected chi connectivity index (χ4v) is 3.46. The first-order valence-corrected chi connectivity index (χ1v) is 10.5. The van der Waals surface area contributed by atoms with Gasteiger partial charge in [-0.25, -0.2) is 0 Å². The number of hydrogen-bond acceptors (Lipinski definition) is 3. The number of para-hydroxylation sites is 1. The molecule has 30 heavy (non-hydrogen) atoms. The molecule has 0 fully saturated rings. The lowest BCUT2D eigenvalue weighted by atomic mass is 10.2. The number of aryl methyl sites for hydroxylation is 1. The summed E-state index contributed by atoms with van der Waals surface area (Å²) in [5, 5.41) is 7.01. The van der Waals surface area contributed by atoms with Gasteiger partial charge in [-0.15, -0.1) is 0 Å². The number of carbonyl (C=O) groups excluding carboxylic acids is 2. The van der Waals surface area contributed by atoms with Crippen molar-refractivity contribution < 1.29 is 9.59 Å². The van der Waals surface area contributed by atoms with Gasteiger partial charge in [-0.3, -0.25) is 9.59 Å². The Balaban J connectivity index is 1.46. The Bertz CT molecular complexity index is 974. The highest BCUT2D eigenvalue weighted by molar-refractivity contribution is 5.95. The summed E-state index contributed by atoms with van der Waals surface area (Å²) >= 11 is 0. The number of anilines is 1. The Kier molecular flexibility index (Phi) is 7.63. The minimum absolute atomic E-state index is 0.0517. The van der Waals surface area contributed by atoms with Gasteiger partial charge in [0.25, 0.3) is 5.91 Å². The number of nitrogens with one attached hydrogen (secondary N) is 2. The largest absolute Gasteiger partial charge is 0.351 e. The molecule has 2 N–H and O–H groups in total. The molecule has 0 bridgehead atoms. The molecule has 3 rings (SSSR count). The van der Waals surface area contributed by atoms with Crippen LogP contribution < -0.4 is 10.6 Å². The van der Waals surface area contributed by atoms with E-state index in [9.17, 15) is 9.59 Å². The van der Waals surface area contributed by atoms with Gasteiger partial charge in [-0.2, -0.15) is 0 Å². The van der Waals surface area contributed by atoms with Gasteiger partial charge >= 0.3 is 0 Å². The standard InChI is InChI=1S/C24H30N4O2/c1-3-27(4-2)18-15-25-24(30)20-9-11-21(12-10-20)26-23(29)14-17-28-16-13-19-7-5-6-8-22(19)28/h5-13,16H,3-4,14-15,17-18H2,1-2H3,(H,25,30)(H,26,29). The minimum Gasteiger partial charge on any atom is -0.351 e. The highest BCUT2D eigenvalue weighted by Gasteiger charge is 2.08. The second kappa shape index (κ2) is 10.6. The van der Waals surface area contributed by atoms with E-state index in [4.69, 9.17) is 0 Å². The van der Waals surface area contributed by atoms with E-state index in [0.717, 1.165) is 25.2 Å². The number of nitrogens with zero attached hydrogens (tertiary/aromatic N) is 2. The highest BCUT2D eigenvalue weighted by atomic mass is 16.2. The first kappa shape index (κ1) is 21.6. The smallest absolute Gasteiger partial charge is 0.251 e. The second-order valence-electron chi connectivity index (χ2n) is 7.23. The SMILES string of the molecule is CCN(CC)CCNC(=O)c1ccc(NC(=O)CCn2ccc3ccccc32)cc1. The molecular weight excluding hydrogens is 376 g/mol. The van der Waals surface area contributed by atoms with E-state index in [1.807, 2.05) is 18.3 Å². The highest BCUT2D eigenvalue weighted by Crippen LogP contribution is 2.16. The van der Waals surface area contributed by atoms with Crippen molar-refractivity contribution >= 4 is 28.4 Å². The van der Waals surface area contributed by atoms with Crippen molar-refractivity contribution in [1.29, 1.82) is 0 Å². The van der Waals surface area contributed by atoms with Crippen molar-refractivity contribution in [1.82, 2.24) is 14.8 Å². The van der Waals surface area contributed by atoms with E-state index in [0.29, 0.717) is 30.8 Å². The van der Waals surface area contributed by atoms with Gasteiger partial charge < -0.3 is 20.1 Å². The molecule has 2 aromatic carbocycles. The first-order valence-electron chi connectivity index (χ1n) is 10.5. The van der Waals surface area contributed by atoms with Gasteiger partial charge in [0.05, 0.1) is 0 Å². The molecule has 0 radical (unpaired) electrons. The number of hydrogen-bond donors (Lipinski definition) is 2. The molecule has 3 aromatic rings. The Morgan fingerprint density at radius 2 is 1.70 bits per heavy atom. The average Bonchev–Trinajstić information content (AvgIpc) is 3.19.